The maximum Gasteiger partial charge on any atom is 0.258 e. The minimum atomic E-state index is -0.567. The van der Waals surface area contributed by atoms with Crippen LogP contribution in [0.25, 0.3) is 0 Å². The summed E-state index contributed by atoms with van der Waals surface area (Å²) in [4.78, 5) is 16.3. The molecule has 0 bridgehead atoms. The number of rotatable bonds is 2. The van der Waals surface area contributed by atoms with E-state index in [0.29, 0.717) is 13.1 Å². The number of benzene rings is 2. The molecule has 0 atom stereocenters. The summed E-state index contributed by atoms with van der Waals surface area (Å²) in [5.41, 5.74) is 1.11. The number of carbonyl (C=O) groups excluding carboxylic acids is 1. The second-order valence-electron chi connectivity index (χ2n) is 5.21. The molecule has 114 valence electrons. The maximum atomic E-state index is 13.9. The Balaban J connectivity index is 1.70. The van der Waals surface area contributed by atoms with Crippen LogP contribution in [0.5, 0.6) is 0 Å². The van der Waals surface area contributed by atoms with Crippen molar-refractivity contribution in [1.82, 2.24) is 4.90 Å². The third-order valence-electron chi connectivity index (χ3n) is 3.86. The van der Waals surface area contributed by atoms with Crippen LogP contribution < -0.4 is 4.90 Å². The zero-order chi connectivity index (χ0) is 15.5. The van der Waals surface area contributed by atoms with E-state index >= 15 is 0 Å². The molecule has 1 amide bonds. The summed E-state index contributed by atoms with van der Waals surface area (Å²) in [6, 6.07) is 14.4. The van der Waals surface area contributed by atoms with Gasteiger partial charge >= 0.3 is 0 Å². The van der Waals surface area contributed by atoms with Crippen LogP contribution in [-0.4, -0.2) is 37.0 Å². The van der Waals surface area contributed by atoms with E-state index in [0.717, 1.165) is 18.8 Å². The molecule has 2 aromatic carbocycles. The van der Waals surface area contributed by atoms with E-state index in [1.807, 2.05) is 30.3 Å². The molecule has 1 heterocycles. The zero-order valence-electron chi connectivity index (χ0n) is 12.0. The molecule has 1 saturated heterocycles. The maximum absolute atomic E-state index is 13.9. The fraction of sp³-hybridized carbons (Fsp3) is 0.235. The van der Waals surface area contributed by atoms with Crippen LogP contribution in [0, 0.1) is 5.82 Å². The van der Waals surface area contributed by atoms with E-state index in [4.69, 9.17) is 11.6 Å². The first-order valence-electron chi connectivity index (χ1n) is 7.20. The molecular formula is C17H16ClFN2O. The number of para-hydroxylation sites is 1. The van der Waals surface area contributed by atoms with E-state index in [1.54, 1.807) is 4.90 Å². The van der Waals surface area contributed by atoms with Crippen LogP contribution in [0.4, 0.5) is 10.1 Å². The number of anilines is 1. The highest BCUT2D eigenvalue weighted by Gasteiger charge is 2.25. The first kappa shape index (κ1) is 14.9. The van der Waals surface area contributed by atoms with Crippen molar-refractivity contribution < 1.29 is 9.18 Å². The summed E-state index contributed by atoms with van der Waals surface area (Å²) >= 11 is 5.97. The van der Waals surface area contributed by atoms with E-state index in [1.165, 1.54) is 18.2 Å². The Kier molecular flexibility index (Phi) is 4.29. The predicted octanol–water partition coefficient (Wildman–Crippen LogP) is 3.44. The Labute approximate surface area is 133 Å². The Bertz CT molecular complexity index is 649. The number of nitrogens with zero attached hydrogens (tertiary/aromatic N) is 2. The van der Waals surface area contributed by atoms with E-state index in [9.17, 15) is 9.18 Å². The second-order valence-corrected chi connectivity index (χ2v) is 5.62. The molecule has 0 radical (unpaired) electrons. The molecular weight excluding hydrogens is 303 g/mol. The third-order valence-corrected chi connectivity index (χ3v) is 4.18. The summed E-state index contributed by atoms with van der Waals surface area (Å²) in [6.45, 7) is 2.56. The lowest BCUT2D eigenvalue weighted by Gasteiger charge is -2.36. The van der Waals surface area contributed by atoms with Gasteiger partial charge in [0.05, 0.1) is 10.6 Å². The number of hydrogen-bond acceptors (Lipinski definition) is 2. The van der Waals surface area contributed by atoms with Crippen LogP contribution >= 0.6 is 11.6 Å². The fourth-order valence-electron chi connectivity index (χ4n) is 2.67. The molecule has 0 saturated carbocycles. The van der Waals surface area contributed by atoms with Gasteiger partial charge in [-0.3, -0.25) is 4.79 Å². The number of amides is 1. The second kappa shape index (κ2) is 6.36. The van der Waals surface area contributed by atoms with Gasteiger partial charge in [-0.15, -0.1) is 0 Å². The molecule has 2 aromatic rings. The fourth-order valence-corrected chi connectivity index (χ4v) is 2.91. The Morgan fingerprint density at radius 3 is 2.27 bits per heavy atom. The molecule has 22 heavy (non-hydrogen) atoms. The summed E-state index contributed by atoms with van der Waals surface area (Å²) in [5, 5.41) is 0.162. The van der Waals surface area contributed by atoms with Crippen molar-refractivity contribution in [3.8, 4) is 0 Å². The molecule has 1 aliphatic rings. The van der Waals surface area contributed by atoms with Gasteiger partial charge in [0.25, 0.3) is 5.91 Å². The summed E-state index contributed by atoms with van der Waals surface area (Å²) in [7, 11) is 0. The molecule has 3 rings (SSSR count). The number of halogens is 2. The lowest BCUT2D eigenvalue weighted by molar-refractivity contribution is 0.0742. The number of hydrogen-bond donors (Lipinski definition) is 0. The largest absolute Gasteiger partial charge is 0.368 e. The van der Waals surface area contributed by atoms with Crippen LogP contribution in [-0.2, 0) is 0 Å². The highest BCUT2D eigenvalue weighted by atomic mass is 35.5. The van der Waals surface area contributed by atoms with Crippen LogP contribution in [0.15, 0.2) is 48.5 Å². The lowest BCUT2D eigenvalue weighted by Crippen LogP contribution is -2.49. The van der Waals surface area contributed by atoms with Crippen LogP contribution in [0.3, 0.4) is 0 Å². The normalized spacial score (nSPS) is 15.0. The van der Waals surface area contributed by atoms with Crippen LogP contribution in [0.2, 0.25) is 5.02 Å². The lowest BCUT2D eigenvalue weighted by atomic mass is 10.1. The monoisotopic (exact) mass is 318 g/mol. The smallest absolute Gasteiger partial charge is 0.258 e. The van der Waals surface area contributed by atoms with Gasteiger partial charge in [-0.2, -0.15) is 0 Å². The number of piperazine rings is 1. The minimum Gasteiger partial charge on any atom is -0.368 e. The first-order chi connectivity index (χ1) is 10.7. The third kappa shape index (κ3) is 2.92. The van der Waals surface area contributed by atoms with Crippen LogP contribution in [0.1, 0.15) is 10.4 Å². The van der Waals surface area contributed by atoms with Gasteiger partial charge in [-0.1, -0.05) is 35.9 Å². The molecule has 0 unspecified atom stereocenters. The Morgan fingerprint density at radius 1 is 0.955 bits per heavy atom. The van der Waals surface area contributed by atoms with Gasteiger partial charge in [0.15, 0.2) is 0 Å². The van der Waals surface area contributed by atoms with E-state index in [2.05, 4.69) is 4.90 Å². The SMILES string of the molecule is O=C(c1c(F)cccc1Cl)N1CCN(c2ccccc2)CC1. The summed E-state index contributed by atoms with van der Waals surface area (Å²) in [5.74, 6) is -0.904. The van der Waals surface area contributed by atoms with Gasteiger partial charge in [0.1, 0.15) is 5.82 Å². The van der Waals surface area contributed by atoms with Crippen molar-refractivity contribution in [3.05, 3.63) is 64.9 Å². The van der Waals surface area contributed by atoms with Crippen molar-refractivity contribution >= 4 is 23.2 Å². The average molecular weight is 319 g/mol. The van der Waals surface area contributed by atoms with Crippen molar-refractivity contribution in [2.24, 2.45) is 0 Å². The molecule has 0 spiro atoms. The van der Waals surface area contributed by atoms with Crippen molar-refractivity contribution in [1.29, 1.82) is 0 Å². The van der Waals surface area contributed by atoms with E-state index in [-0.39, 0.29) is 16.5 Å². The van der Waals surface area contributed by atoms with Gasteiger partial charge in [-0.05, 0) is 24.3 Å². The first-order valence-corrected chi connectivity index (χ1v) is 7.58. The molecule has 1 fully saturated rings. The van der Waals surface area contributed by atoms with Gasteiger partial charge in [0.2, 0.25) is 0 Å². The minimum absolute atomic E-state index is 0.0303. The van der Waals surface area contributed by atoms with Crippen molar-refractivity contribution in [3.63, 3.8) is 0 Å². The zero-order valence-corrected chi connectivity index (χ0v) is 12.8. The van der Waals surface area contributed by atoms with Gasteiger partial charge in [-0.25, -0.2) is 4.39 Å². The molecule has 0 aromatic heterocycles. The quantitative estimate of drug-likeness (QED) is 0.847. The molecule has 1 aliphatic heterocycles. The topological polar surface area (TPSA) is 23.6 Å². The Hall–Kier alpha value is -2.07. The summed E-state index contributed by atoms with van der Waals surface area (Å²) < 4.78 is 13.9. The van der Waals surface area contributed by atoms with Crippen molar-refractivity contribution in [2.75, 3.05) is 31.1 Å². The Morgan fingerprint density at radius 2 is 1.64 bits per heavy atom. The van der Waals surface area contributed by atoms with E-state index < -0.39 is 5.82 Å². The molecule has 5 heteroatoms. The van der Waals surface area contributed by atoms with Crippen molar-refractivity contribution in [2.45, 2.75) is 0 Å². The summed E-state index contributed by atoms with van der Waals surface area (Å²) in [6.07, 6.45) is 0. The molecule has 0 aliphatic carbocycles. The highest BCUT2D eigenvalue weighted by Crippen LogP contribution is 2.22. The number of carbonyl (C=O) groups is 1. The highest BCUT2D eigenvalue weighted by molar-refractivity contribution is 6.33. The average Bonchev–Trinajstić information content (AvgIpc) is 2.55. The molecule has 0 N–H and O–H groups in total. The standard InChI is InChI=1S/C17H16ClFN2O/c18-14-7-4-8-15(19)16(14)17(22)21-11-9-20(10-12-21)13-5-2-1-3-6-13/h1-8H,9-12H2. The predicted molar refractivity (Wildman–Crippen MR) is 86.0 cm³/mol. The molecule has 3 nitrogen and oxygen atoms in total. The van der Waals surface area contributed by atoms with Gasteiger partial charge < -0.3 is 9.80 Å². The van der Waals surface area contributed by atoms with Gasteiger partial charge in [0, 0.05) is 31.9 Å².